The fourth-order valence-electron chi connectivity index (χ4n) is 4.35. The highest BCUT2D eigenvalue weighted by molar-refractivity contribution is 6.05. The number of carbonyl (C=O) groups excluding carboxylic acids is 3. The van der Waals surface area contributed by atoms with E-state index in [1.54, 1.807) is 6.07 Å². The van der Waals surface area contributed by atoms with Crippen molar-refractivity contribution in [1.82, 2.24) is 15.1 Å². The Labute approximate surface area is 195 Å². The van der Waals surface area contributed by atoms with Gasteiger partial charge in [0.15, 0.2) is 0 Å². The van der Waals surface area contributed by atoms with Crippen molar-refractivity contribution in [2.24, 2.45) is 0 Å². The van der Waals surface area contributed by atoms with Crippen molar-refractivity contribution in [2.45, 2.75) is 38.6 Å². The molecule has 5 rings (SSSR count). The highest BCUT2D eigenvalue weighted by Gasteiger charge is 2.40. The maximum atomic E-state index is 13.1. The van der Waals surface area contributed by atoms with E-state index in [9.17, 15) is 14.4 Å². The predicted octanol–water partition coefficient (Wildman–Crippen LogP) is 1.86. The van der Waals surface area contributed by atoms with Crippen LogP contribution >= 0.6 is 0 Å². The van der Waals surface area contributed by atoms with Gasteiger partial charge in [-0.2, -0.15) is 0 Å². The van der Waals surface area contributed by atoms with E-state index in [-0.39, 0.29) is 36.6 Å². The second-order valence-electron chi connectivity index (χ2n) is 8.43. The van der Waals surface area contributed by atoms with E-state index in [2.05, 4.69) is 22.3 Å². The Hall–Kier alpha value is -3.23. The quantitative estimate of drug-likeness (QED) is 0.675. The zero-order valence-electron chi connectivity index (χ0n) is 20.2. The van der Waals surface area contributed by atoms with Crippen LogP contribution in [0.2, 0.25) is 0 Å². The Morgan fingerprint density at radius 2 is 1.88 bits per heavy atom. The van der Waals surface area contributed by atoms with Crippen LogP contribution in [0.4, 0.5) is 0 Å². The smallest absolute Gasteiger partial charge is 0.255 e. The first-order valence-electron chi connectivity index (χ1n) is 12.2. The molecule has 0 spiro atoms. The van der Waals surface area contributed by atoms with E-state index in [0.717, 1.165) is 43.3 Å². The van der Waals surface area contributed by atoms with Crippen LogP contribution in [0.25, 0.3) is 0 Å². The van der Waals surface area contributed by atoms with Gasteiger partial charge in [0.2, 0.25) is 11.8 Å². The van der Waals surface area contributed by atoms with Gasteiger partial charge in [-0.05, 0) is 29.7 Å². The molecule has 0 aliphatic carbocycles. The van der Waals surface area contributed by atoms with E-state index < -0.39 is 30.3 Å². The van der Waals surface area contributed by atoms with Gasteiger partial charge in [0.05, 0.1) is 22.5 Å². The summed E-state index contributed by atoms with van der Waals surface area (Å²) >= 11 is 0. The minimum absolute atomic E-state index is 0.0168. The Kier molecular flexibility index (Phi) is 5.44. The highest BCUT2D eigenvalue weighted by Crippen LogP contribution is 2.34. The van der Waals surface area contributed by atoms with Crippen LogP contribution in [0.15, 0.2) is 42.4 Å². The van der Waals surface area contributed by atoms with Crippen LogP contribution in [0, 0.1) is 0 Å². The second-order valence-corrected chi connectivity index (χ2v) is 8.43. The number of nitrogens with one attached hydrogen (secondary N) is 1. The van der Waals surface area contributed by atoms with E-state index >= 15 is 0 Å². The summed E-state index contributed by atoms with van der Waals surface area (Å²) in [6.45, 7) is 3.26. The Morgan fingerprint density at radius 1 is 1.12 bits per heavy atom. The molecule has 8 nitrogen and oxygen atoms in total. The van der Waals surface area contributed by atoms with E-state index in [1.807, 2.05) is 12.1 Å². The summed E-state index contributed by atoms with van der Waals surface area (Å²) in [6.07, 6.45) is 0.252. The van der Waals surface area contributed by atoms with E-state index in [4.69, 9.17) is 12.2 Å². The van der Waals surface area contributed by atoms with Gasteiger partial charge >= 0.3 is 0 Å². The summed E-state index contributed by atoms with van der Waals surface area (Å²) in [7, 11) is 0. The number of hydrogen-bond donors (Lipinski definition) is 1. The van der Waals surface area contributed by atoms with Gasteiger partial charge in [-0.15, -0.1) is 0 Å². The molecule has 8 heteroatoms. The molecule has 3 amide bonds. The number of fused-ring (bicyclic) bond motifs is 1. The molecule has 2 aromatic carbocycles. The number of benzene rings is 2. The molecule has 172 valence electrons. The highest BCUT2D eigenvalue weighted by atomic mass is 16.5. The Morgan fingerprint density at radius 3 is 2.64 bits per heavy atom. The zero-order chi connectivity index (χ0) is 24.5. The normalized spacial score (nSPS) is 24.2. The van der Waals surface area contributed by atoms with Gasteiger partial charge in [-0.1, -0.05) is 30.3 Å². The topological polar surface area (TPSA) is 88.2 Å². The first kappa shape index (κ1) is 19.3. The van der Waals surface area contributed by atoms with E-state index in [0.29, 0.717) is 5.75 Å². The monoisotopic (exact) mass is 451 g/mol. The summed E-state index contributed by atoms with van der Waals surface area (Å²) < 4.78 is 28.3. The minimum atomic E-state index is -1.20. The number of imide groups is 1. The standard InChI is InChI=1S/C25H27N3O5/c29-23-9-8-21(24(30)26-23)28-15-20-19(25(28)31)2-1-3-22(20)33-16-18-6-4-17(5-7-18)14-27-10-12-32-13-11-27/h1-7,21H,8-16H2,(H,26,29,30)/i2D,15D. The SMILES string of the molecule is [2H]c1ccc(OCc2ccc(CN3CCOCC3)cc2)c2c1C(=O)N(C1CCC(=O)NC1=O)C2[2H]. The lowest BCUT2D eigenvalue weighted by Gasteiger charge is -2.29. The van der Waals surface area contributed by atoms with Gasteiger partial charge in [-0.25, -0.2) is 0 Å². The maximum Gasteiger partial charge on any atom is 0.255 e. The van der Waals surface area contributed by atoms with E-state index in [1.165, 1.54) is 11.6 Å². The lowest BCUT2D eigenvalue weighted by molar-refractivity contribution is -0.136. The van der Waals surface area contributed by atoms with Crippen molar-refractivity contribution in [3.05, 3.63) is 64.7 Å². The maximum absolute atomic E-state index is 13.1. The number of hydrogen-bond acceptors (Lipinski definition) is 6. The summed E-state index contributed by atoms with van der Waals surface area (Å²) in [4.78, 5) is 40.5. The largest absolute Gasteiger partial charge is 0.489 e. The fourth-order valence-corrected chi connectivity index (χ4v) is 4.35. The van der Waals surface area contributed by atoms with Crippen LogP contribution < -0.4 is 10.1 Å². The summed E-state index contributed by atoms with van der Waals surface area (Å²) in [5.74, 6) is -1.20. The average molecular weight is 452 g/mol. The number of rotatable bonds is 6. The van der Waals surface area contributed by atoms with Gasteiger partial charge in [0.25, 0.3) is 5.91 Å². The lowest BCUT2D eigenvalue weighted by Crippen LogP contribution is -2.52. The van der Waals surface area contributed by atoms with Crippen molar-refractivity contribution >= 4 is 17.7 Å². The fraction of sp³-hybridized carbons (Fsp3) is 0.400. The molecule has 3 aliphatic heterocycles. The third kappa shape index (κ3) is 4.62. The molecule has 2 aromatic rings. The Balaban J connectivity index is 1.30. The van der Waals surface area contributed by atoms with Crippen molar-refractivity contribution in [3.63, 3.8) is 0 Å². The number of ether oxygens (including phenoxy) is 2. The zero-order valence-corrected chi connectivity index (χ0v) is 18.2. The first-order chi connectivity index (χ1) is 16.9. The molecule has 0 radical (unpaired) electrons. The molecular formula is C25H27N3O5. The molecule has 1 N–H and O–H groups in total. The molecular weight excluding hydrogens is 422 g/mol. The molecule has 0 aromatic heterocycles. The number of morpholine rings is 1. The molecule has 0 saturated carbocycles. The van der Waals surface area contributed by atoms with Gasteiger partial charge in [0.1, 0.15) is 18.4 Å². The van der Waals surface area contributed by atoms with Crippen molar-refractivity contribution in [2.75, 3.05) is 26.3 Å². The second kappa shape index (κ2) is 9.33. The molecule has 2 unspecified atom stereocenters. The van der Waals surface area contributed by atoms with Crippen LogP contribution in [0.1, 0.15) is 42.6 Å². The minimum Gasteiger partial charge on any atom is -0.489 e. The molecule has 2 fully saturated rings. The van der Waals surface area contributed by atoms with Crippen LogP contribution in [0.3, 0.4) is 0 Å². The summed E-state index contributed by atoms with van der Waals surface area (Å²) in [5, 5.41) is 2.24. The summed E-state index contributed by atoms with van der Waals surface area (Å²) in [5.41, 5.74) is 2.50. The molecule has 33 heavy (non-hydrogen) atoms. The molecule has 3 aliphatic rings. The van der Waals surface area contributed by atoms with Crippen molar-refractivity contribution in [1.29, 1.82) is 0 Å². The van der Waals surface area contributed by atoms with Gasteiger partial charge < -0.3 is 14.4 Å². The molecule has 3 heterocycles. The molecule has 2 saturated heterocycles. The first-order valence-corrected chi connectivity index (χ1v) is 11.1. The van der Waals surface area contributed by atoms with Crippen LogP contribution in [0.5, 0.6) is 5.75 Å². The van der Waals surface area contributed by atoms with Crippen molar-refractivity contribution in [3.8, 4) is 5.75 Å². The third-order valence-corrected chi connectivity index (χ3v) is 6.19. The van der Waals surface area contributed by atoms with Gasteiger partial charge in [0, 0.05) is 37.2 Å². The summed E-state index contributed by atoms with van der Waals surface area (Å²) in [6, 6.07) is 10.2. The molecule has 2 atom stereocenters. The Bertz CT molecular complexity index is 1150. The number of nitrogens with zero attached hydrogens (tertiary/aromatic N) is 2. The van der Waals surface area contributed by atoms with Crippen molar-refractivity contribution < 1.29 is 26.6 Å². The number of carbonyl (C=O) groups is 3. The number of piperidine rings is 1. The number of amides is 3. The van der Waals surface area contributed by atoms with Crippen LogP contribution in [-0.2, 0) is 34.0 Å². The average Bonchev–Trinajstić information content (AvgIpc) is 3.11. The van der Waals surface area contributed by atoms with Crippen LogP contribution in [-0.4, -0.2) is 59.9 Å². The lowest BCUT2D eigenvalue weighted by atomic mass is 10.0. The predicted molar refractivity (Wildman–Crippen MR) is 119 cm³/mol. The molecule has 0 bridgehead atoms. The third-order valence-electron chi connectivity index (χ3n) is 6.19. The van der Waals surface area contributed by atoms with Gasteiger partial charge in [-0.3, -0.25) is 24.6 Å².